The van der Waals surface area contributed by atoms with E-state index in [1.165, 1.54) is 11.8 Å². The fraction of sp³-hybridized carbons (Fsp3) is 0.385. The molecule has 0 saturated heterocycles. The predicted molar refractivity (Wildman–Crippen MR) is 85.5 cm³/mol. The van der Waals surface area contributed by atoms with Crippen molar-refractivity contribution < 1.29 is 4.79 Å². The summed E-state index contributed by atoms with van der Waals surface area (Å²) in [6.07, 6.45) is 2.21. The fourth-order valence-electron chi connectivity index (χ4n) is 1.39. The van der Waals surface area contributed by atoms with Crippen LogP contribution < -0.4 is 16.4 Å². The lowest BCUT2D eigenvalue weighted by molar-refractivity contribution is -0.115. The number of benzene rings is 1. The van der Waals surface area contributed by atoms with Crippen molar-refractivity contribution in [3.8, 4) is 0 Å². The molecule has 1 aromatic rings. The van der Waals surface area contributed by atoms with Crippen LogP contribution in [0.1, 0.15) is 19.8 Å². The van der Waals surface area contributed by atoms with Crippen molar-refractivity contribution >= 4 is 40.7 Å². The van der Waals surface area contributed by atoms with Crippen LogP contribution in [0.15, 0.2) is 29.2 Å². The Kier molecular flexibility index (Phi) is 7.28. The van der Waals surface area contributed by atoms with E-state index in [2.05, 4.69) is 17.6 Å². The maximum absolute atomic E-state index is 10.8. The van der Waals surface area contributed by atoms with Crippen LogP contribution in [-0.4, -0.2) is 23.3 Å². The minimum absolute atomic E-state index is 0.259. The molecule has 0 spiro atoms. The summed E-state index contributed by atoms with van der Waals surface area (Å²) in [6.45, 7) is 2.99. The molecular weight excluding hydrogens is 278 g/mol. The van der Waals surface area contributed by atoms with E-state index in [-0.39, 0.29) is 11.7 Å². The third-order valence-corrected chi connectivity index (χ3v) is 3.66. The Morgan fingerprint density at radius 3 is 2.84 bits per heavy atom. The van der Waals surface area contributed by atoms with Crippen molar-refractivity contribution in [2.75, 3.05) is 17.6 Å². The summed E-state index contributed by atoms with van der Waals surface area (Å²) >= 11 is 6.62. The summed E-state index contributed by atoms with van der Waals surface area (Å²) in [5, 5.41) is 6.88. The summed E-state index contributed by atoms with van der Waals surface area (Å²) in [5.74, 6) is -0.0715. The Balaban J connectivity index is 2.56. The molecule has 0 heterocycles. The molecule has 1 aromatic carbocycles. The van der Waals surface area contributed by atoms with Crippen LogP contribution >= 0.6 is 24.0 Å². The molecule has 1 amide bonds. The molecule has 4 N–H and O–H groups in total. The molecular formula is C13H19N3OS2. The summed E-state index contributed by atoms with van der Waals surface area (Å²) in [4.78, 5) is 11.8. The summed E-state index contributed by atoms with van der Waals surface area (Å²) < 4.78 is 0. The number of thiocarbonyl (C=S) groups is 1. The van der Waals surface area contributed by atoms with E-state index < -0.39 is 0 Å². The number of anilines is 1. The number of hydrogen-bond donors (Lipinski definition) is 3. The number of nitrogens with one attached hydrogen (secondary N) is 2. The number of primary amides is 1. The number of amides is 1. The summed E-state index contributed by atoms with van der Waals surface area (Å²) in [5.41, 5.74) is 6.05. The molecule has 0 saturated carbocycles. The van der Waals surface area contributed by atoms with Gasteiger partial charge in [-0.1, -0.05) is 25.5 Å². The van der Waals surface area contributed by atoms with Crippen LogP contribution in [0.5, 0.6) is 0 Å². The minimum Gasteiger partial charge on any atom is -0.369 e. The second-order valence-electron chi connectivity index (χ2n) is 3.99. The first kappa shape index (κ1) is 15.8. The lowest BCUT2D eigenvalue weighted by Crippen LogP contribution is -2.29. The Bertz CT molecular complexity index is 438. The first-order valence-corrected chi connectivity index (χ1v) is 7.58. The van der Waals surface area contributed by atoms with Crippen molar-refractivity contribution in [3.63, 3.8) is 0 Å². The molecule has 0 aliphatic heterocycles. The van der Waals surface area contributed by atoms with Gasteiger partial charge in [0.25, 0.3) is 0 Å². The molecule has 19 heavy (non-hydrogen) atoms. The van der Waals surface area contributed by atoms with E-state index in [0.717, 1.165) is 30.0 Å². The standard InChI is InChI=1S/C13H19N3OS2/c1-2-3-8-15-13(18)16-10-6-4-5-7-11(10)19-9-12(14)17/h4-7H,2-3,8-9H2,1H3,(H2,14,17)(H2,15,16,18). The van der Waals surface area contributed by atoms with Crippen LogP contribution in [0.3, 0.4) is 0 Å². The molecule has 4 nitrogen and oxygen atoms in total. The Morgan fingerprint density at radius 2 is 2.16 bits per heavy atom. The van der Waals surface area contributed by atoms with Crippen molar-refractivity contribution in [1.29, 1.82) is 0 Å². The van der Waals surface area contributed by atoms with Gasteiger partial charge in [-0.15, -0.1) is 11.8 Å². The zero-order chi connectivity index (χ0) is 14.1. The average Bonchev–Trinajstić information content (AvgIpc) is 2.38. The smallest absolute Gasteiger partial charge is 0.227 e. The molecule has 0 atom stereocenters. The molecule has 0 unspecified atom stereocenters. The van der Waals surface area contributed by atoms with Gasteiger partial charge in [0, 0.05) is 11.4 Å². The number of carbonyl (C=O) groups excluding carboxylic acids is 1. The number of unbranched alkanes of at least 4 members (excludes halogenated alkanes) is 1. The Hall–Kier alpha value is -1.27. The first-order chi connectivity index (χ1) is 9.13. The van der Waals surface area contributed by atoms with Gasteiger partial charge in [0.2, 0.25) is 5.91 Å². The third-order valence-electron chi connectivity index (χ3n) is 2.32. The Labute approximate surface area is 123 Å². The van der Waals surface area contributed by atoms with E-state index in [4.69, 9.17) is 18.0 Å². The van der Waals surface area contributed by atoms with Gasteiger partial charge in [0.1, 0.15) is 0 Å². The van der Waals surface area contributed by atoms with E-state index in [0.29, 0.717) is 5.11 Å². The molecule has 104 valence electrons. The lowest BCUT2D eigenvalue weighted by atomic mass is 10.3. The fourth-order valence-corrected chi connectivity index (χ4v) is 2.35. The molecule has 1 rings (SSSR count). The molecule has 0 aliphatic rings. The highest BCUT2D eigenvalue weighted by Crippen LogP contribution is 2.26. The maximum atomic E-state index is 10.8. The molecule has 0 bridgehead atoms. The summed E-state index contributed by atoms with van der Waals surface area (Å²) in [7, 11) is 0. The van der Waals surface area contributed by atoms with Crippen molar-refractivity contribution in [2.45, 2.75) is 24.7 Å². The van der Waals surface area contributed by atoms with Gasteiger partial charge in [-0.25, -0.2) is 0 Å². The van der Waals surface area contributed by atoms with E-state index in [1.54, 1.807) is 0 Å². The number of hydrogen-bond acceptors (Lipinski definition) is 3. The average molecular weight is 297 g/mol. The normalized spacial score (nSPS) is 9.95. The van der Waals surface area contributed by atoms with Crippen molar-refractivity contribution in [3.05, 3.63) is 24.3 Å². The summed E-state index contributed by atoms with van der Waals surface area (Å²) in [6, 6.07) is 7.70. The van der Waals surface area contributed by atoms with Gasteiger partial charge >= 0.3 is 0 Å². The Morgan fingerprint density at radius 1 is 1.42 bits per heavy atom. The van der Waals surface area contributed by atoms with Crippen LogP contribution in [0, 0.1) is 0 Å². The zero-order valence-electron chi connectivity index (χ0n) is 10.9. The van der Waals surface area contributed by atoms with Crippen LogP contribution in [0.4, 0.5) is 5.69 Å². The van der Waals surface area contributed by atoms with Gasteiger partial charge in [-0.3, -0.25) is 4.79 Å². The third kappa shape index (κ3) is 6.45. The van der Waals surface area contributed by atoms with Crippen molar-refractivity contribution in [1.82, 2.24) is 5.32 Å². The predicted octanol–water partition coefficient (Wildman–Crippen LogP) is 2.35. The van der Waals surface area contributed by atoms with Gasteiger partial charge < -0.3 is 16.4 Å². The highest BCUT2D eigenvalue weighted by Gasteiger charge is 2.05. The topological polar surface area (TPSA) is 67.2 Å². The van der Waals surface area contributed by atoms with E-state index in [9.17, 15) is 4.79 Å². The lowest BCUT2D eigenvalue weighted by Gasteiger charge is -2.13. The first-order valence-electron chi connectivity index (χ1n) is 6.18. The van der Waals surface area contributed by atoms with Crippen LogP contribution in [0.2, 0.25) is 0 Å². The molecule has 0 radical (unpaired) electrons. The molecule has 0 aromatic heterocycles. The maximum Gasteiger partial charge on any atom is 0.227 e. The van der Waals surface area contributed by atoms with Gasteiger partial charge in [0.15, 0.2) is 5.11 Å². The molecule has 6 heteroatoms. The van der Waals surface area contributed by atoms with Crippen molar-refractivity contribution in [2.24, 2.45) is 5.73 Å². The number of thioether (sulfide) groups is 1. The minimum atomic E-state index is -0.330. The monoisotopic (exact) mass is 297 g/mol. The zero-order valence-corrected chi connectivity index (χ0v) is 12.6. The van der Waals surface area contributed by atoms with E-state index >= 15 is 0 Å². The number of rotatable bonds is 7. The number of nitrogens with two attached hydrogens (primary N) is 1. The van der Waals surface area contributed by atoms with E-state index in [1.807, 2.05) is 24.3 Å². The van der Waals surface area contributed by atoms with Gasteiger partial charge in [-0.2, -0.15) is 0 Å². The van der Waals surface area contributed by atoms with Crippen LogP contribution in [0.25, 0.3) is 0 Å². The SMILES string of the molecule is CCCCNC(=S)Nc1ccccc1SCC(N)=O. The largest absolute Gasteiger partial charge is 0.369 e. The second-order valence-corrected chi connectivity index (χ2v) is 5.41. The molecule has 0 aliphatic carbocycles. The number of para-hydroxylation sites is 1. The van der Waals surface area contributed by atoms with Crippen LogP contribution in [-0.2, 0) is 4.79 Å². The van der Waals surface area contributed by atoms with Gasteiger partial charge in [0.05, 0.1) is 11.4 Å². The second kappa shape index (κ2) is 8.77. The van der Waals surface area contributed by atoms with Gasteiger partial charge in [-0.05, 0) is 30.8 Å². The molecule has 0 fully saturated rings. The quantitative estimate of drug-likeness (QED) is 0.409. The highest BCUT2D eigenvalue weighted by molar-refractivity contribution is 8.00. The number of carbonyl (C=O) groups is 1. The highest BCUT2D eigenvalue weighted by atomic mass is 32.2.